The van der Waals surface area contributed by atoms with Gasteiger partial charge in [0.05, 0.1) is 17.1 Å². The molecule has 0 heterocycles. The molecule has 7 heteroatoms. The fourth-order valence-electron chi connectivity index (χ4n) is 1.27. The van der Waals surface area contributed by atoms with Gasteiger partial charge in [0.15, 0.2) is 0 Å². The van der Waals surface area contributed by atoms with Gasteiger partial charge in [0.1, 0.15) is 0 Å². The van der Waals surface area contributed by atoms with Crippen LogP contribution in [0.1, 0.15) is 19.4 Å². The molecule has 0 fully saturated rings. The van der Waals surface area contributed by atoms with Crippen LogP contribution in [-0.4, -0.2) is 32.8 Å². The molecule has 0 unspecified atom stereocenters. The van der Waals surface area contributed by atoms with Crippen LogP contribution in [0.3, 0.4) is 0 Å². The molecule has 1 rings (SSSR count). The number of sulfonamides is 1. The second-order valence-corrected chi connectivity index (χ2v) is 7.30. The summed E-state index contributed by atoms with van der Waals surface area (Å²) in [6.45, 7) is 3.52. The van der Waals surface area contributed by atoms with E-state index in [9.17, 15) is 8.42 Å². The van der Waals surface area contributed by atoms with Crippen LogP contribution >= 0.6 is 15.9 Å². The minimum Gasteiger partial charge on any atom is -0.392 e. The molecule has 2 N–H and O–H groups in total. The second-order valence-electron chi connectivity index (χ2n) is 4.71. The minimum absolute atomic E-state index is 0.103. The summed E-state index contributed by atoms with van der Waals surface area (Å²) in [6.07, 6.45) is 0. The van der Waals surface area contributed by atoms with Crippen molar-refractivity contribution in [2.45, 2.75) is 31.0 Å². The largest absolute Gasteiger partial charge is 0.392 e. The lowest BCUT2D eigenvalue weighted by molar-refractivity contribution is 0.0276. The van der Waals surface area contributed by atoms with E-state index in [-0.39, 0.29) is 18.0 Å². The van der Waals surface area contributed by atoms with Crippen LogP contribution in [0.5, 0.6) is 0 Å². The number of aliphatic hydroxyl groups is 1. The quantitative estimate of drug-likeness (QED) is 0.816. The normalized spacial score (nSPS) is 12.7. The highest BCUT2D eigenvalue weighted by molar-refractivity contribution is 9.10. The molecule has 0 radical (unpaired) electrons. The lowest BCUT2D eigenvalue weighted by Gasteiger charge is -2.23. The van der Waals surface area contributed by atoms with Gasteiger partial charge in [-0.15, -0.1) is 0 Å². The first-order valence-electron chi connectivity index (χ1n) is 5.66. The number of hydrogen-bond donors (Lipinski definition) is 2. The average Bonchev–Trinajstić information content (AvgIpc) is 2.37. The Labute approximate surface area is 122 Å². The highest BCUT2D eigenvalue weighted by Gasteiger charge is 2.23. The van der Waals surface area contributed by atoms with Gasteiger partial charge in [-0.25, -0.2) is 13.1 Å². The Morgan fingerprint density at radius 3 is 2.58 bits per heavy atom. The molecule has 0 saturated carbocycles. The van der Waals surface area contributed by atoms with E-state index in [1.54, 1.807) is 26.0 Å². The second kappa shape index (κ2) is 6.32. The van der Waals surface area contributed by atoms with Crippen molar-refractivity contribution in [3.8, 4) is 0 Å². The van der Waals surface area contributed by atoms with Crippen LogP contribution in [0.15, 0.2) is 27.6 Å². The standard InChI is InChI=1S/C12H18BrNO4S/c1-12(2,18-3)8-14-19(16,17)11-6-9(7-15)4-5-10(11)13/h4-6,14-15H,7-8H2,1-3H3. The van der Waals surface area contributed by atoms with Crippen LogP contribution < -0.4 is 4.72 Å². The number of halogens is 1. The smallest absolute Gasteiger partial charge is 0.241 e. The zero-order chi connectivity index (χ0) is 14.7. The van der Waals surface area contributed by atoms with E-state index in [1.165, 1.54) is 13.2 Å². The summed E-state index contributed by atoms with van der Waals surface area (Å²) in [6, 6.07) is 4.69. The van der Waals surface area contributed by atoms with E-state index in [1.807, 2.05) is 0 Å². The monoisotopic (exact) mass is 351 g/mol. The number of ether oxygens (including phenoxy) is 1. The molecule has 19 heavy (non-hydrogen) atoms. The van der Waals surface area contributed by atoms with Gasteiger partial charge in [-0.1, -0.05) is 6.07 Å². The molecule has 0 aliphatic heterocycles. The maximum atomic E-state index is 12.2. The fraction of sp³-hybridized carbons (Fsp3) is 0.500. The van der Waals surface area contributed by atoms with Crippen molar-refractivity contribution in [2.24, 2.45) is 0 Å². The molecule has 1 aromatic carbocycles. The Hall–Kier alpha value is -0.470. The van der Waals surface area contributed by atoms with E-state index >= 15 is 0 Å². The fourth-order valence-corrected chi connectivity index (χ4v) is 3.48. The molecule has 0 bridgehead atoms. The maximum absolute atomic E-state index is 12.2. The van der Waals surface area contributed by atoms with Crippen molar-refractivity contribution in [3.63, 3.8) is 0 Å². The van der Waals surface area contributed by atoms with Crippen LogP contribution in [0.4, 0.5) is 0 Å². The summed E-state index contributed by atoms with van der Waals surface area (Å²) in [7, 11) is -2.13. The lowest BCUT2D eigenvalue weighted by atomic mass is 10.1. The Bertz CT molecular complexity index is 543. The molecule has 5 nitrogen and oxygen atoms in total. The molecule has 0 amide bonds. The molecule has 1 aromatic rings. The van der Waals surface area contributed by atoms with Crippen molar-refractivity contribution >= 4 is 26.0 Å². The maximum Gasteiger partial charge on any atom is 0.241 e. The topological polar surface area (TPSA) is 75.6 Å². The first-order chi connectivity index (χ1) is 8.72. The average molecular weight is 352 g/mol. The Morgan fingerprint density at radius 1 is 1.42 bits per heavy atom. The van der Waals surface area contributed by atoms with Crippen LogP contribution in [0, 0.1) is 0 Å². The number of nitrogens with one attached hydrogen (secondary N) is 1. The van der Waals surface area contributed by atoms with Crippen LogP contribution in [-0.2, 0) is 21.4 Å². The SMILES string of the molecule is COC(C)(C)CNS(=O)(=O)c1cc(CO)ccc1Br. The van der Waals surface area contributed by atoms with Gasteiger partial charge in [0.2, 0.25) is 10.0 Å². The number of methoxy groups -OCH3 is 1. The minimum atomic E-state index is -3.65. The Morgan fingerprint density at radius 2 is 2.05 bits per heavy atom. The van der Waals surface area contributed by atoms with E-state index in [4.69, 9.17) is 9.84 Å². The number of rotatable bonds is 6. The third-order valence-electron chi connectivity index (χ3n) is 2.71. The predicted octanol–water partition coefficient (Wildman–Crippen LogP) is 1.64. The van der Waals surface area contributed by atoms with Gasteiger partial charge in [-0.05, 0) is 47.5 Å². The highest BCUT2D eigenvalue weighted by atomic mass is 79.9. The third kappa shape index (κ3) is 4.54. The molecule has 0 aliphatic carbocycles. The number of hydrogen-bond acceptors (Lipinski definition) is 4. The van der Waals surface area contributed by atoms with Crippen molar-refractivity contribution in [2.75, 3.05) is 13.7 Å². The van der Waals surface area contributed by atoms with Crippen molar-refractivity contribution < 1.29 is 18.3 Å². The van der Waals surface area contributed by atoms with Crippen molar-refractivity contribution in [1.82, 2.24) is 4.72 Å². The molecular formula is C12H18BrNO4S. The predicted molar refractivity (Wildman–Crippen MR) is 76.3 cm³/mol. The zero-order valence-corrected chi connectivity index (χ0v) is 13.5. The Kier molecular flexibility index (Phi) is 5.52. The molecule has 0 atom stereocenters. The zero-order valence-electron chi connectivity index (χ0n) is 11.1. The number of benzene rings is 1. The first-order valence-corrected chi connectivity index (χ1v) is 7.93. The molecule has 0 aromatic heterocycles. The summed E-state index contributed by atoms with van der Waals surface area (Å²) in [5, 5.41) is 9.07. The molecule has 108 valence electrons. The van der Waals surface area contributed by atoms with Gasteiger partial charge in [0, 0.05) is 18.1 Å². The molecule has 0 spiro atoms. The molecule has 0 saturated heterocycles. The summed E-state index contributed by atoms with van der Waals surface area (Å²) >= 11 is 3.20. The van der Waals surface area contributed by atoms with Gasteiger partial charge >= 0.3 is 0 Å². The number of aliphatic hydroxyl groups excluding tert-OH is 1. The van der Waals surface area contributed by atoms with E-state index in [2.05, 4.69) is 20.7 Å². The molecular weight excluding hydrogens is 334 g/mol. The van der Waals surface area contributed by atoms with Crippen LogP contribution in [0.25, 0.3) is 0 Å². The van der Waals surface area contributed by atoms with Gasteiger partial charge < -0.3 is 9.84 Å². The lowest BCUT2D eigenvalue weighted by Crippen LogP contribution is -2.39. The molecule has 0 aliphatic rings. The van der Waals surface area contributed by atoms with E-state index < -0.39 is 15.6 Å². The van der Waals surface area contributed by atoms with E-state index in [0.717, 1.165) is 0 Å². The van der Waals surface area contributed by atoms with E-state index in [0.29, 0.717) is 10.0 Å². The van der Waals surface area contributed by atoms with Crippen LogP contribution in [0.2, 0.25) is 0 Å². The Balaban J connectivity index is 3.00. The van der Waals surface area contributed by atoms with Gasteiger partial charge in [0.25, 0.3) is 0 Å². The third-order valence-corrected chi connectivity index (χ3v) is 5.10. The summed E-state index contributed by atoms with van der Waals surface area (Å²) in [4.78, 5) is 0.103. The van der Waals surface area contributed by atoms with Gasteiger partial charge in [-0.3, -0.25) is 0 Å². The van der Waals surface area contributed by atoms with Gasteiger partial charge in [-0.2, -0.15) is 0 Å². The summed E-state index contributed by atoms with van der Waals surface area (Å²) < 4.78 is 32.5. The highest BCUT2D eigenvalue weighted by Crippen LogP contribution is 2.23. The summed E-state index contributed by atoms with van der Waals surface area (Å²) in [5.74, 6) is 0. The first kappa shape index (κ1) is 16.6. The summed E-state index contributed by atoms with van der Waals surface area (Å²) in [5.41, 5.74) is -0.0525. The van der Waals surface area contributed by atoms with Crippen molar-refractivity contribution in [3.05, 3.63) is 28.2 Å². The van der Waals surface area contributed by atoms with Crippen molar-refractivity contribution in [1.29, 1.82) is 0 Å².